The van der Waals surface area contributed by atoms with Crippen LogP contribution in [0.2, 0.25) is 0 Å². The van der Waals surface area contributed by atoms with Crippen LogP contribution in [0, 0.1) is 0 Å². The average Bonchev–Trinajstić information content (AvgIpc) is 3.47. The minimum atomic E-state index is -1.63. The van der Waals surface area contributed by atoms with Crippen LogP contribution in [0.5, 0.6) is 0 Å². The van der Waals surface area contributed by atoms with E-state index in [0.717, 1.165) is 89.9 Å². The van der Waals surface area contributed by atoms with E-state index >= 15 is 0 Å². The molecule has 0 saturated carbocycles. The Morgan fingerprint density at radius 1 is 0.494 bits per heavy atom. The van der Waals surface area contributed by atoms with Gasteiger partial charge in [0.2, 0.25) is 5.91 Å². The molecule has 1 heterocycles. The fourth-order valence-corrected chi connectivity index (χ4v) is 10.0. The highest BCUT2D eigenvalue weighted by Gasteiger charge is 2.47. The number of hydrogen-bond acceptors (Lipinski definition) is 10. The van der Waals surface area contributed by atoms with Gasteiger partial charge >= 0.3 is 5.97 Å². The largest absolute Gasteiger partial charge is 0.454 e. The molecule has 1 aliphatic rings. The molecule has 1 aliphatic heterocycles. The van der Waals surface area contributed by atoms with E-state index in [1.807, 2.05) is 6.08 Å². The van der Waals surface area contributed by atoms with Crippen molar-refractivity contribution in [2.75, 3.05) is 13.2 Å². The molecule has 11 nitrogen and oxygen atoms in total. The van der Waals surface area contributed by atoms with Crippen molar-refractivity contribution in [3.05, 3.63) is 85.1 Å². The van der Waals surface area contributed by atoms with Gasteiger partial charge in [0.05, 0.1) is 25.4 Å². The van der Waals surface area contributed by atoms with E-state index in [2.05, 4.69) is 99.0 Å². The maximum atomic E-state index is 13.5. The zero-order chi connectivity index (χ0) is 58.9. The van der Waals surface area contributed by atoms with Crippen LogP contribution < -0.4 is 5.32 Å². The number of aliphatic hydroxyl groups is 5. The van der Waals surface area contributed by atoms with Gasteiger partial charge in [-0.25, -0.2) is 0 Å². The lowest BCUT2D eigenvalue weighted by atomic mass is 9.99. The molecule has 0 radical (unpaired) electrons. The highest BCUT2D eigenvalue weighted by Crippen LogP contribution is 2.26. The second-order valence-corrected chi connectivity index (χ2v) is 22.8. The molecule has 8 unspecified atom stereocenters. The second-order valence-electron chi connectivity index (χ2n) is 22.8. The summed E-state index contributed by atoms with van der Waals surface area (Å²) >= 11 is 0. The van der Waals surface area contributed by atoms with Gasteiger partial charge in [-0.2, -0.15) is 0 Å². The molecule has 1 fully saturated rings. The van der Waals surface area contributed by atoms with Gasteiger partial charge in [-0.1, -0.05) is 266 Å². The Morgan fingerprint density at radius 2 is 0.889 bits per heavy atom. The van der Waals surface area contributed by atoms with Gasteiger partial charge in [-0.3, -0.25) is 9.59 Å². The summed E-state index contributed by atoms with van der Waals surface area (Å²) in [4.78, 5) is 26.6. The van der Waals surface area contributed by atoms with E-state index in [-0.39, 0.29) is 19.4 Å². The number of amides is 1. The van der Waals surface area contributed by atoms with Crippen LogP contribution in [0.25, 0.3) is 0 Å². The third kappa shape index (κ3) is 45.0. The third-order valence-electron chi connectivity index (χ3n) is 15.3. The van der Waals surface area contributed by atoms with Crippen LogP contribution in [-0.4, -0.2) is 99.6 Å². The van der Waals surface area contributed by atoms with Crippen molar-refractivity contribution >= 4 is 11.9 Å². The van der Waals surface area contributed by atoms with Gasteiger partial charge in [0.1, 0.15) is 24.4 Å². The van der Waals surface area contributed by atoms with Crippen LogP contribution in [0.3, 0.4) is 0 Å². The highest BCUT2D eigenvalue weighted by atomic mass is 16.7. The SMILES string of the molecule is CC/C=C\C/C=C\C/C=C\C/C=C\C/C=C\CCCCCC(=O)OC1C(OCC(NC(=O)C(O)CCCCCCCCCCCC/C=C/CCCCCCCC)C(O)/C=C/CCCCCCCCCCCCC)OC(CO)C(O)C1O. The maximum Gasteiger partial charge on any atom is 0.306 e. The van der Waals surface area contributed by atoms with E-state index < -0.39 is 67.4 Å². The minimum Gasteiger partial charge on any atom is -0.454 e. The van der Waals surface area contributed by atoms with Crippen molar-refractivity contribution in [2.45, 2.75) is 333 Å². The van der Waals surface area contributed by atoms with E-state index in [9.17, 15) is 35.1 Å². The van der Waals surface area contributed by atoms with E-state index in [4.69, 9.17) is 14.2 Å². The molecule has 8 atom stereocenters. The summed E-state index contributed by atoms with van der Waals surface area (Å²) in [5.41, 5.74) is 0. The monoisotopic (exact) mass is 1140 g/mol. The Hall–Kier alpha value is -3.16. The van der Waals surface area contributed by atoms with Crippen LogP contribution in [0.15, 0.2) is 85.1 Å². The van der Waals surface area contributed by atoms with E-state index in [0.29, 0.717) is 12.8 Å². The minimum absolute atomic E-state index is 0.0815. The lowest BCUT2D eigenvalue weighted by Crippen LogP contribution is -2.61. The quantitative estimate of drug-likeness (QED) is 0.0195. The summed E-state index contributed by atoms with van der Waals surface area (Å²) in [5.74, 6) is -1.23. The van der Waals surface area contributed by atoms with Crippen LogP contribution in [-0.2, 0) is 23.8 Å². The van der Waals surface area contributed by atoms with Crippen LogP contribution in [0.4, 0.5) is 0 Å². The first-order valence-electron chi connectivity index (χ1n) is 33.4. The molecule has 0 bridgehead atoms. The predicted molar refractivity (Wildman–Crippen MR) is 338 cm³/mol. The van der Waals surface area contributed by atoms with Gasteiger partial charge in [0, 0.05) is 6.42 Å². The molecular weight excluding hydrogens is 1010 g/mol. The molecule has 1 amide bonds. The summed E-state index contributed by atoms with van der Waals surface area (Å²) in [7, 11) is 0. The molecule has 6 N–H and O–H groups in total. The number of hydrogen-bond donors (Lipinski definition) is 6. The summed E-state index contributed by atoms with van der Waals surface area (Å²) in [6.45, 7) is 5.67. The van der Waals surface area contributed by atoms with Crippen molar-refractivity contribution in [3.63, 3.8) is 0 Å². The molecule has 0 aromatic rings. The molecular formula is C70H123NO10. The number of allylic oxidation sites excluding steroid dienone is 13. The summed E-state index contributed by atoms with van der Waals surface area (Å²) in [6, 6.07) is -1.04. The molecule has 0 spiro atoms. The van der Waals surface area contributed by atoms with Crippen molar-refractivity contribution < 1.29 is 49.3 Å². The highest BCUT2D eigenvalue weighted by molar-refractivity contribution is 5.80. The summed E-state index contributed by atoms with van der Waals surface area (Å²) in [5, 5.41) is 57.1. The summed E-state index contributed by atoms with van der Waals surface area (Å²) < 4.78 is 17.6. The molecule has 81 heavy (non-hydrogen) atoms. The zero-order valence-corrected chi connectivity index (χ0v) is 51.9. The topological polar surface area (TPSA) is 175 Å². The fourth-order valence-electron chi connectivity index (χ4n) is 10.0. The van der Waals surface area contributed by atoms with Gasteiger partial charge in [0.15, 0.2) is 12.4 Å². The third-order valence-corrected chi connectivity index (χ3v) is 15.3. The summed E-state index contributed by atoms with van der Waals surface area (Å²) in [6.07, 6.45) is 64.7. The number of unbranched alkanes of at least 4 members (excludes halogenated alkanes) is 30. The van der Waals surface area contributed by atoms with E-state index in [1.54, 1.807) is 6.08 Å². The van der Waals surface area contributed by atoms with Crippen molar-refractivity contribution in [1.82, 2.24) is 5.32 Å². The van der Waals surface area contributed by atoms with Gasteiger partial charge < -0.3 is 45.1 Å². The number of nitrogens with one attached hydrogen (secondary N) is 1. The maximum absolute atomic E-state index is 13.5. The predicted octanol–water partition coefficient (Wildman–Crippen LogP) is 16.5. The molecule has 468 valence electrons. The van der Waals surface area contributed by atoms with E-state index in [1.165, 1.54) is 148 Å². The first-order chi connectivity index (χ1) is 39.7. The number of ether oxygens (including phenoxy) is 3. The Kier molecular flexibility index (Phi) is 53.6. The Balaban J connectivity index is 2.67. The lowest BCUT2D eigenvalue weighted by molar-refractivity contribution is -0.305. The average molecular weight is 1140 g/mol. The standard InChI is InChI=1S/C70H123NO10/c1-4-7-10-13-16-19-22-25-27-29-31-33-34-36-39-42-45-48-51-54-57-63(74)69(78)71-61(62(73)56-53-50-47-44-41-38-24-21-18-15-12-9-6-3)60-79-70-68(67(77)66(76)64(59-72)80-70)81-65(75)58-55-52-49-46-43-40-37-35-32-30-28-26-23-20-17-14-11-8-5-2/h8,11,17,20,25-28,32,35,40,43,53,56,61-64,66-68,70,72-74,76-77H,4-7,9-10,12-16,18-19,21-24,29-31,33-34,36-39,41-42,44-52,54-55,57-60H2,1-3H3,(H,71,78)/b11-8-,20-17-,27-25+,28-26-,35-32-,43-40-,56-53+. The molecule has 0 aromatic carbocycles. The lowest BCUT2D eigenvalue weighted by Gasteiger charge is -2.41. The van der Waals surface area contributed by atoms with Crippen molar-refractivity contribution in [2.24, 2.45) is 0 Å². The Morgan fingerprint density at radius 3 is 1.35 bits per heavy atom. The van der Waals surface area contributed by atoms with Crippen molar-refractivity contribution in [3.8, 4) is 0 Å². The van der Waals surface area contributed by atoms with Gasteiger partial charge in [0.25, 0.3) is 0 Å². The number of esters is 1. The Labute approximate surface area is 495 Å². The zero-order valence-electron chi connectivity index (χ0n) is 51.9. The molecule has 1 saturated heterocycles. The Bertz CT molecular complexity index is 1640. The fraction of sp³-hybridized carbons (Fsp3) is 0.771. The van der Waals surface area contributed by atoms with Crippen LogP contribution >= 0.6 is 0 Å². The molecule has 11 heteroatoms. The first-order valence-corrected chi connectivity index (χ1v) is 33.4. The number of rotatable bonds is 56. The molecule has 0 aromatic heterocycles. The smallest absolute Gasteiger partial charge is 0.306 e. The second kappa shape index (κ2) is 57.3. The number of aliphatic hydroxyl groups excluding tert-OH is 5. The molecule has 1 rings (SSSR count). The number of carbonyl (C=O) groups excluding carboxylic acids is 2. The van der Waals surface area contributed by atoms with Crippen molar-refractivity contribution in [1.29, 1.82) is 0 Å². The van der Waals surface area contributed by atoms with Gasteiger partial charge in [-0.15, -0.1) is 0 Å². The number of carbonyl (C=O) groups is 2. The van der Waals surface area contributed by atoms with Gasteiger partial charge in [-0.05, 0) is 96.3 Å². The molecule has 0 aliphatic carbocycles. The normalized spacial score (nSPS) is 19.2. The van der Waals surface area contributed by atoms with Crippen LogP contribution in [0.1, 0.15) is 284 Å². The first kappa shape index (κ1) is 75.9.